The number of Topliss-reactive ketones (excluding diaryl/α,β-unsaturated/α-hetero) is 1. The third-order valence-electron chi connectivity index (χ3n) is 13.1. The maximum absolute atomic E-state index is 14.9. The number of carbonyl (C=O) groups excluding carboxylic acids is 2. The average molecular weight is 783 g/mol. The van der Waals surface area contributed by atoms with Gasteiger partial charge in [-0.25, -0.2) is 0 Å². The molecule has 1 spiro atoms. The molecule has 13 nitrogen and oxygen atoms in total. The molecular formula is C42H46N4O9S. The first-order chi connectivity index (χ1) is 26.9. The van der Waals surface area contributed by atoms with E-state index in [0.717, 1.165) is 50.8 Å². The second-order valence-corrected chi connectivity index (χ2v) is 17.3. The predicted molar refractivity (Wildman–Crippen MR) is 208 cm³/mol. The molecule has 2 unspecified atom stereocenters. The Bertz CT molecular complexity index is 2350. The van der Waals surface area contributed by atoms with Gasteiger partial charge >= 0.3 is 5.97 Å². The Morgan fingerprint density at radius 1 is 1.09 bits per heavy atom. The minimum Gasteiger partial charge on any atom is -0.504 e. The van der Waals surface area contributed by atoms with Gasteiger partial charge in [0.2, 0.25) is 6.79 Å². The van der Waals surface area contributed by atoms with Gasteiger partial charge in [-0.05, 0) is 63.4 Å². The number of nitrogens with zero attached hydrogens (tertiary/aromatic N) is 2. The van der Waals surface area contributed by atoms with Gasteiger partial charge in [-0.2, -0.15) is 0 Å². The number of aromatic amines is 1. The fraction of sp³-hybridized carbons (Fsp3) is 0.476. The maximum Gasteiger partial charge on any atom is 0.308 e. The number of aliphatic hydroxyl groups excluding tert-OH is 1. The second-order valence-electron chi connectivity index (χ2n) is 16.2. The number of benzene rings is 3. The number of carbonyl (C=O) groups is 2. The van der Waals surface area contributed by atoms with E-state index < -0.39 is 41.1 Å². The van der Waals surface area contributed by atoms with Crippen LogP contribution >= 0.6 is 11.8 Å². The minimum absolute atomic E-state index is 0.0203. The van der Waals surface area contributed by atoms with Crippen LogP contribution in [0.15, 0.2) is 30.3 Å². The molecule has 0 aliphatic carbocycles. The Hall–Kier alpha value is -4.31. The van der Waals surface area contributed by atoms with Gasteiger partial charge in [0.05, 0.1) is 37.1 Å². The predicted octanol–water partition coefficient (Wildman–Crippen LogP) is 4.61. The second kappa shape index (κ2) is 12.9. The highest BCUT2D eigenvalue weighted by atomic mass is 32.2. The van der Waals surface area contributed by atoms with Gasteiger partial charge < -0.3 is 38.9 Å². The number of aliphatic hydroxyl groups is 1. The molecule has 4 N–H and O–H groups in total. The monoisotopic (exact) mass is 782 g/mol. The van der Waals surface area contributed by atoms with E-state index in [1.54, 1.807) is 18.9 Å². The highest BCUT2D eigenvalue weighted by Gasteiger charge is 2.61. The largest absolute Gasteiger partial charge is 0.504 e. The van der Waals surface area contributed by atoms with Crippen molar-refractivity contribution in [1.82, 2.24) is 20.1 Å². The van der Waals surface area contributed by atoms with Crippen LogP contribution in [0.1, 0.15) is 75.8 Å². The lowest BCUT2D eigenvalue weighted by molar-refractivity contribution is -0.181. The summed E-state index contributed by atoms with van der Waals surface area (Å²) in [5, 5.41) is 29.1. The molecule has 7 aliphatic heterocycles. The van der Waals surface area contributed by atoms with Crippen LogP contribution in [0.2, 0.25) is 0 Å². The van der Waals surface area contributed by atoms with Gasteiger partial charge in [-0.1, -0.05) is 24.3 Å². The summed E-state index contributed by atoms with van der Waals surface area (Å²) in [5.74, 6) is 1.53. The van der Waals surface area contributed by atoms with Crippen LogP contribution in [-0.4, -0.2) is 101 Å². The van der Waals surface area contributed by atoms with E-state index in [1.165, 1.54) is 6.92 Å². The molecule has 7 aliphatic rings. The van der Waals surface area contributed by atoms with Crippen molar-refractivity contribution in [2.75, 3.05) is 39.9 Å². The first-order valence-corrected chi connectivity index (χ1v) is 20.3. The van der Waals surface area contributed by atoms with Crippen molar-refractivity contribution in [3.8, 4) is 28.7 Å². The lowest BCUT2D eigenvalue weighted by atomic mass is 9.73. The third kappa shape index (κ3) is 4.86. The summed E-state index contributed by atoms with van der Waals surface area (Å²) in [6.07, 6.45) is 0.237. The highest BCUT2D eigenvalue weighted by Crippen LogP contribution is 2.64. The molecule has 0 amide bonds. The number of nitrogens with one attached hydrogen (secondary N) is 2. The van der Waals surface area contributed by atoms with E-state index in [4.69, 9.17) is 23.7 Å². The quantitative estimate of drug-likeness (QED) is 0.166. The van der Waals surface area contributed by atoms with Gasteiger partial charge in [0.25, 0.3) is 0 Å². The van der Waals surface area contributed by atoms with Crippen LogP contribution in [-0.2, 0) is 32.7 Å². The van der Waals surface area contributed by atoms with Crippen molar-refractivity contribution in [1.29, 1.82) is 0 Å². The number of rotatable bonds is 2. The molecule has 294 valence electrons. The number of ketones is 1. The number of esters is 1. The Labute approximate surface area is 328 Å². The molecule has 4 aromatic rings. The Morgan fingerprint density at radius 3 is 2.66 bits per heavy atom. The van der Waals surface area contributed by atoms with Crippen molar-refractivity contribution in [2.45, 2.75) is 87.8 Å². The highest BCUT2D eigenvalue weighted by molar-refractivity contribution is 7.99. The molecule has 56 heavy (non-hydrogen) atoms. The summed E-state index contributed by atoms with van der Waals surface area (Å²) in [6, 6.07) is 8.19. The van der Waals surface area contributed by atoms with Gasteiger partial charge in [-0.3, -0.25) is 24.7 Å². The van der Waals surface area contributed by atoms with Crippen molar-refractivity contribution in [3.05, 3.63) is 75.0 Å². The number of piperazine rings is 1. The number of H-pyrrole nitrogens is 1. The van der Waals surface area contributed by atoms with Gasteiger partial charge in [-0.15, -0.1) is 11.8 Å². The van der Waals surface area contributed by atoms with E-state index in [2.05, 4.69) is 39.2 Å². The van der Waals surface area contributed by atoms with Crippen LogP contribution < -0.4 is 24.3 Å². The van der Waals surface area contributed by atoms with Crippen LogP contribution in [0.3, 0.4) is 0 Å². The number of methoxy groups -OCH3 is 1. The molecule has 1 aromatic heterocycles. The van der Waals surface area contributed by atoms with Gasteiger partial charge in [0.15, 0.2) is 28.8 Å². The number of para-hydroxylation sites is 1. The lowest BCUT2D eigenvalue weighted by Gasteiger charge is -2.61. The Kier molecular flexibility index (Phi) is 8.27. The summed E-state index contributed by atoms with van der Waals surface area (Å²) in [7, 11) is 3.55. The Balaban J connectivity index is 1.25. The van der Waals surface area contributed by atoms with Crippen molar-refractivity contribution in [2.24, 2.45) is 0 Å². The van der Waals surface area contributed by atoms with Gasteiger partial charge in [0.1, 0.15) is 24.1 Å². The van der Waals surface area contributed by atoms with E-state index >= 15 is 0 Å². The molecule has 11 rings (SSSR count). The first kappa shape index (κ1) is 36.1. The number of aryl methyl sites for hydroxylation is 1. The molecule has 3 aromatic carbocycles. The normalized spacial score (nSPS) is 30.7. The molecule has 14 heteroatoms. The topological polar surface area (TPSA) is 155 Å². The molecule has 0 saturated carbocycles. The first-order valence-electron chi connectivity index (χ1n) is 19.3. The van der Waals surface area contributed by atoms with Crippen LogP contribution in [0, 0.1) is 13.8 Å². The molecular weight excluding hydrogens is 737 g/mol. The lowest BCUT2D eigenvalue weighted by Crippen LogP contribution is -2.69. The molecule has 2 fully saturated rings. The summed E-state index contributed by atoms with van der Waals surface area (Å²) >= 11 is 1.58. The summed E-state index contributed by atoms with van der Waals surface area (Å²) in [4.78, 5) is 35.9. The number of phenolic OH excluding ortho intramolecular Hbond substituents is 1. The molecule has 2 saturated heterocycles. The fourth-order valence-corrected chi connectivity index (χ4v) is 12.6. The van der Waals surface area contributed by atoms with Crippen LogP contribution in [0.4, 0.5) is 0 Å². The number of aromatic hydroxyl groups is 1. The zero-order chi connectivity index (χ0) is 38.9. The zero-order valence-corrected chi connectivity index (χ0v) is 33.0. The number of thioether (sulfide) groups is 1. The van der Waals surface area contributed by atoms with Crippen molar-refractivity contribution in [3.63, 3.8) is 0 Å². The standard InChI is InChI=1S/C42H46N4O9S/c1-18-11-22-13-26-41(50)46-27-14-52-15-28(48)42(40-24(12-19(2)44-42)23-9-7-8-10-25(23)43-40)16-56-39(33(46)32(45(26)5)29(22)34(49)35(18)51-6)31-30(27)38-37(53-17-54-38)20(3)36(31)55-21(4)47/h7-11,19,26-27,32-33,39,41,43-44,49-50H,12-17H2,1-6H3/t19?,26-,27+,32+,33?,39+,41-,42-/m0/s1. The van der Waals surface area contributed by atoms with E-state index in [-0.39, 0.29) is 49.4 Å². The Morgan fingerprint density at radius 2 is 1.88 bits per heavy atom. The molecule has 8 atom stereocenters. The van der Waals surface area contributed by atoms with E-state index in [1.807, 2.05) is 39.1 Å². The number of likely N-dealkylation sites (N-methyl/N-ethyl adjacent to an activating group) is 1. The molecule has 0 radical (unpaired) electrons. The molecule has 4 bridgehead atoms. The van der Waals surface area contributed by atoms with E-state index in [0.29, 0.717) is 40.5 Å². The fourth-order valence-electron chi connectivity index (χ4n) is 10.9. The van der Waals surface area contributed by atoms with Crippen molar-refractivity contribution >= 4 is 34.4 Å². The third-order valence-corrected chi connectivity index (χ3v) is 14.6. The maximum atomic E-state index is 14.9. The SMILES string of the molecule is COc1c(C)cc2c(c1O)[C@@H]1C3[C@@H]4SC[C@]5(NC(C)Cc6c5[nH]c5ccccc65)C(=O)COC[C@H](c5c6c(c(C)c(OC(C)=O)c54)OCO6)N3[C@@H](O)[C@H](C2)N1C. The summed E-state index contributed by atoms with van der Waals surface area (Å²) in [5.41, 5.74) is 6.26. The average Bonchev–Trinajstić information content (AvgIpc) is 3.80. The smallest absolute Gasteiger partial charge is 0.308 e. The number of phenols is 1. The van der Waals surface area contributed by atoms with Crippen LogP contribution in [0.25, 0.3) is 10.9 Å². The zero-order valence-electron chi connectivity index (χ0n) is 32.2. The van der Waals surface area contributed by atoms with E-state index in [9.17, 15) is 19.8 Å². The van der Waals surface area contributed by atoms with Crippen LogP contribution in [0.5, 0.6) is 28.7 Å². The summed E-state index contributed by atoms with van der Waals surface area (Å²) < 4.78 is 30.9. The summed E-state index contributed by atoms with van der Waals surface area (Å²) in [6.45, 7) is 7.08. The number of fused-ring (bicyclic) bond motifs is 12. The minimum atomic E-state index is -1.17. The van der Waals surface area contributed by atoms with Gasteiger partial charge in [0, 0.05) is 63.6 Å². The molecule has 8 heterocycles. The van der Waals surface area contributed by atoms with Crippen molar-refractivity contribution < 1.29 is 43.5 Å². The number of hydrogen-bond acceptors (Lipinski definition) is 13. The number of aromatic nitrogens is 1. The number of hydrogen-bond donors (Lipinski definition) is 4. The number of ether oxygens (including phenoxy) is 5.